The van der Waals surface area contributed by atoms with Gasteiger partial charge in [-0.1, -0.05) is 13.8 Å². The van der Waals surface area contributed by atoms with Gasteiger partial charge in [-0.3, -0.25) is 9.59 Å². The first-order valence-electron chi connectivity index (χ1n) is 10.5. The zero-order valence-electron chi connectivity index (χ0n) is 18.6. The maximum atomic E-state index is 13.7. The lowest BCUT2D eigenvalue weighted by Crippen LogP contribution is -2.42. The lowest BCUT2D eigenvalue weighted by molar-refractivity contribution is -0.110. The number of hydrogen-bond acceptors (Lipinski definition) is 4. The summed E-state index contributed by atoms with van der Waals surface area (Å²) in [5, 5.41) is 12.3. The Morgan fingerprint density at radius 3 is 2.47 bits per heavy atom. The Labute approximate surface area is 185 Å². The topological polar surface area (TPSA) is 106 Å². The minimum absolute atomic E-state index is 0.0470. The number of aryl methyl sites for hydroxylation is 1. The molecule has 170 valence electrons. The van der Waals surface area contributed by atoms with Crippen molar-refractivity contribution in [3.8, 4) is 0 Å². The molecule has 0 saturated heterocycles. The summed E-state index contributed by atoms with van der Waals surface area (Å²) >= 11 is 0. The molecule has 3 N–H and O–H groups in total. The number of nitrogens with one attached hydrogen (secondary N) is 2. The Bertz CT molecular complexity index is 1100. The molecule has 3 amide bonds. The third kappa shape index (κ3) is 4.43. The molecule has 1 aromatic heterocycles. The van der Waals surface area contributed by atoms with Crippen LogP contribution in [0, 0.1) is 19.7 Å². The highest BCUT2D eigenvalue weighted by Gasteiger charge is 2.29. The van der Waals surface area contributed by atoms with Crippen LogP contribution in [-0.4, -0.2) is 64.0 Å². The normalized spacial score (nSPS) is 14.1. The number of fused-ring (bicyclic) bond motifs is 1. The standard InChI is InChI=1S/C23H27FN4O4/c1-5-27(6-2)9-10-28(23(31)32)22(30)20-13(3)19(25-14(20)4)12-17-16-11-15(24)7-8-18(16)26-21(17)29/h7-8,11-12,25H,5-6,9-10H2,1-4H3,(H,26,29)(H,31,32)/b17-12-. The molecule has 0 radical (unpaired) electrons. The fourth-order valence-electron chi connectivity index (χ4n) is 3.89. The largest absolute Gasteiger partial charge is 0.465 e. The van der Waals surface area contributed by atoms with E-state index in [-0.39, 0.29) is 23.6 Å². The van der Waals surface area contributed by atoms with Gasteiger partial charge in [-0.15, -0.1) is 0 Å². The summed E-state index contributed by atoms with van der Waals surface area (Å²) in [5.74, 6) is -1.47. The lowest BCUT2D eigenvalue weighted by Gasteiger charge is -2.23. The Balaban J connectivity index is 1.95. The van der Waals surface area contributed by atoms with E-state index in [4.69, 9.17) is 0 Å². The van der Waals surface area contributed by atoms with Crippen molar-refractivity contribution in [2.75, 3.05) is 31.5 Å². The summed E-state index contributed by atoms with van der Waals surface area (Å²) in [7, 11) is 0. The number of likely N-dealkylation sites (N-methyl/N-ethyl adjacent to an activating group) is 1. The van der Waals surface area contributed by atoms with Gasteiger partial charge < -0.3 is 20.3 Å². The number of carbonyl (C=O) groups excluding carboxylic acids is 2. The summed E-state index contributed by atoms with van der Waals surface area (Å²) in [5.41, 5.74) is 2.95. The number of imide groups is 1. The van der Waals surface area contributed by atoms with E-state index in [1.54, 1.807) is 19.9 Å². The van der Waals surface area contributed by atoms with Crippen LogP contribution in [0.3, 0.4) is 0 Å². The van der Waals surface area contributed by atoms with Gasteiger partial charge in [0.25, 0.3) is 11.8 Å². The van der Waals surface area contributed by atoms with Crippen molar-refractivity contribution in [2.24, 2.45) is 0 Å². The van der Waals surface area contributed by atoms with Crippen molar-refractivity contribution in [3.05, 3.63) is 52.1 Å². The van der Waals surface area contributed by atoms with Gasteiger partial charge in [-0.05, 0) is 56.8 Å². The smallest absolute Gasteiger partial charge is 0.414 e. The highest BCUT2D eigenvalue weighted by molar-refractivity contribution is 6.35. The molecule has 8 nitrogen and oxygen atoms in total. The van der Waals surface area contributed by atoms with Crippen LogP contribution in [0.2, 0.25) is 0 Å². The van der Waals surface area contributed by atoms with Gasteiger partial charge in [0.05, 0.1) is 11.1 Å². The monoisotopic (exact) mass is 442 g/mol. The van der Waals surface area contributed by atoms with E-state index in [1.807, 2.05) is 18.7 Å². The Hall–Kier alpha value is -3.46. The highest BCUT2D eigenvalue weighted by atomic mass is 19.1. The summed E-state index contributed by atoms with van der Waals surface area (Å²) in [6, 6.07) is 4.03. The number of carbonyl (C=O) groups is 3. The predicted molar refractivity (Wildman–Crippen MR) is 120 cm³/mol. The quantitative estimate of drug-likeness (QED) is 0.567. The number of nitrogens with zero attached hydrogens (tertiary/aromatic N) is 2. The molecule has 1 aliphatic rings. The molecular weight excluding hydrogens is 415 g/mol. The van der Waals surface area contributed by atoms with Crippen molar-refractivity contribution in [1.29, 1.82) is 0 Å². The van der Waals surface area contributed by atoms with Crippen LogP contribution < -0.4 is 5.32 Å². The highest BCUT2D eigenvalue weighted by Crippen LogP contribution is 2.34. The number of amides is 3. The van der Waals surface area contributed by atoms with E-state index in [1.165, 1.54) is 18.2 Å². The van der Waals surface area contributed by atoms with Crippen LogP contribution in [0.15, 0.2) is 18.2 Å². The number of halogens is 1. The first-order chi connectivity index (χ1) is 15.2. The molecular formula is C23H27FN4O4. The third-order valence-corrected chi connectivity index (χ3v) is 5.75. The number of aromatic amines is 1. The molecule has 9 heteroatoms. The molecule has 0 unspecified atom stereocenters. The molecule has 0 fully saturated rings. The van der Waals surface area contributed by atoms with Crippen LogP contribution in [0.1, 0.15) is 46.7 Å². The molecule has 2 heterocycles. The molecule has 0 aliphatic carbocycles. The van der Waals surface area contributed by atoms with Gasteiger partial charge in [-0.2, -0.15) is 0 Å². The number of benzene rings is 1. The minimum Gasteiger partial charge on any atom is -0.465 e. The predicted octanol–water partition coefficient (Wildman–Crippen LogP) is 3.73. The second-order valence-corrected chi connectivity index (χ2v) is 7.63. The van der Waals surface area contributed by atoms with Crippen molar-refractivity contribution >= 4 is 35.2 Å². The fraction of sp³-hybridized carbons (Fsp3) is 0.348. The number of anilines is 1. The van der Waals surface area contributed by atoms with E-state index in [2.05, 4.69) is 10.3 Å². The van der Waals surface area contributed by atoms with Crippen LogP contribution in [0.25, 0.3) is 11.6 Å². The third-order valence-electron chi connectivity index (χ3n) is 5.75. The minimum atomic E-state index is -1.32. The maximum Gasteiger partial charge on any atom is 0.414 e. The zero-order valence-corrected chi connectivity index (χ0v) is 18.6. The lowest BCUT2D eigenvalue weighted by atomic mass is 10.0. The number of carboxylic acid groups (broad SMARTS) is 1. The van der Waals surface area contributed by atoms with Gasteiger partial charge in [0.1, 0.15) is 5.82 Å². The summed E-state index contributed by atoms with van der Waals surface area (Å²) in [4.78, 5) is 43.3. The molecule has 0 bridgehead atoms. The van der Waals surface area contributed by atoms with Gasteiger partial charge in [0.15, 0.2) is 0 Å². The molecule has 0 spiro atoms. The first kappa shape index (κ1) is 23.2. The van der Waals surface area contributed by atoms with E-state index >= 15 is 0 Å². The summed E-state index contributed by atoms with van der Waals surface area (Å²) in [6.45, 7) is 9.30. The average Bonchev–Trinajstić information content (AvgIpc) is 3.20. The molecule has 0 atom stereocenters. The summed E-state index contributed by atoms with van der Waals surface area (Å²) < 4.78 is 13.7. The molecule has 2 aromatic rings. The van der Waals surface area contributed by atoms with Gasteiger partial charge in [0, 0.05) is 35.7 Å². The van der Waals surface area contributed by atoms with Crippen LogP contribution >= 0.6 is 0 Å². The number of aromatic nitrogens is 1. The number of rotatable bonds is 7. The SMILES string of the molecule is CCN(CC)CCN(C(=O)O)C(=O)c1c(C)[nH]c(/C=C2\C(=O)Nc3ccc(F)cc32)c1C. The van der Waals surface area contributed by atoms with Crippen LogP contribution in [-0.2, 0) is 4.79 Å². The summed E-state index contributed by atoms with van der Waals surface area (Å²) in [6.07, 6.45) is 0.238. The molecule has 0 saturated carbocycles. The van der Waals surface area contributed by atoms with Gasteiger partial charge in [-0.25, -0.2) is 14.1 Å². The van der Waals surface area contributed by atoms with Crippen LogP contribution in [0.4, 0.5) is 14.9 Å². The zero-order chi connectivity index (χ0) is 23.6. The van der Waals surface area contributed by atoms with Crippen molar-refractivity contribution < 1.29 is 23.9 Å². The van der Waals surface area contributed by atoms with Crippen LogP contribution in [0.5, 0.6) is 0 Å². The number of hydrogen-bond donors (Lipinski definition) is 3. The second kappa shape index (κ2) is 9.35. The molecule has 1 aromatic carbocycles. The molecule has 3 rings (SSSR count). The van der Waals surface area contributed by atoms with Crippen molar-refractivity contribution in [2.45, 2.75) is 27.7 Å². The van der Waals surface area contributed by atoms with E-state index in [0.717, 1.165) is 18.0 Å². The Kier molecular flexibility index (Phi) is 6.78. The van der Waals surface area contributed by atoms with E-state index in [9.17, 15) is 23.9 Å². The fourth-order valence-corrected chi connectivity index (χ4v) is 3.89. The Morgan fingerprint density at radius 1 is 1.16 bits per heavy atom. The van der Waals surface area contributed by atoms with E-state index < -0.39 is 17.8 Å². The second-order valence-electron chi connectivity index (χ2n) is 7.63. The van der Waals surface area contributed by atoms with Gasteiger partial charge >= 0.3 is 6.09 Å². The molecule has 1 aliphatic heterocycles. The first-order valence-corrected chi connectivity index (χ1v) is 10.5. The van der Waals surface area contributed by atoms with Crippen molar-refractivity contribution in [3.63, 3.8) is 0 Å². The average molecular weight is 442 g/mol. The maximum absolute atomic E-state index is 13.7. The van der Waals surface area contributed by atoms with E-state index in [0.29, 0.717) is 34.7 Å². The van der Waals surface area contributed by atoms with Crippen molar-refractivity contribution in [1.82, 2.24) is 14.8 Å². The number of H-pyrrole nitrogens is 1. The Morgan fingerprint density at radius 2 is 1.84 bits per heavy atom. The van der Waals surface area contributed by atoms with Gasteiger partial charge in [0.2, 0.25) is 0 Å². The molecule has 32 heavy (non-hydrogen) atoms.